The van der Waals surface area contributed by atoms with Gasteiger partial charge in [0.05, 0.1) is 0 Å². The van der Waals surface area contributed by atoms with Crippen LogP contribution in [-0.4, -0.2) is 0 Å². The van der Waals surface area contributed by atoms with Gasteiger partial charge in [-0.2, -0.15) is 0 Å². The quantitative estimate of drug-likeness (QED) is 0.577. The van der Waals surface area contributed by atoms with E-state index in [9.17, 15) is 0 Å². The van der Waals surface area contributed by atoms with Gasteiger partial charge in [-0.25, -0.2) is 0 Å². The highest BCUT2D eigenvalue weighted by Crippen LogP contribution is 1.58. The lowest BCUT2D eigenvalue weighted by Gasteiger charge is -1.57. The van der Waals surface area contributed by atoms with Crippen molar-refractivity contribution in [2.24, 2.45) is 0 Å². The minimum Gasteiger partial charge on any atom is -0.0925 e. The van der Waals surface area contributed by atoms with Gasteiger partial charge in [0.1, 0.15) is 0 Å². The molecular formula is C22H6. The van der Waals surface area contributed by atoms with Gasteiger partial charge >= 0.3 is 0 Å². The number of hydrogen-bond donors (Lipinski definition) is 0. The molecule has 0 rings (SSSR count). The third kappa shape index (κ3) is 15.6. The first kappa shape index (κ1) is 17.6. The van der Waals surface area contributed by atoms with Crippen molar-refractivity contribution in [3.05, 3.63) is 0 Å². The highest BCUT2D eigenvalue weighted by Gasteiger charge is 1.58. The van der Waals surface area contributed by atoms with E-state index in [1.807, 2.05) is 0 Å². The average Bonchev–Trinajstić information content (AvgIpc) is 2.54. The predicted molar refractivity (Wildman–Crippen MR) is 89.1 cm³/mol. The maximum Gasteiger partial charge on any atom is 0 e. The zero-order valence-electron chi connectivity index (χ0n) is 12.0. The summed E-state index contributed by atoms with van der Waals surface area (Å²) in [6.45, 7) is 3.40. The van der Waals surface area contributed by atoms with Gasteiger partial charge in [0.15, 0.2) is 0 Å². The second kappa shape index (κ2) is 16.6. The normalized spacial score (nSPS) is 3.91. The summed E-state index contributed by atoms with van der Waals surface area (Å²) in [5, 5.41) is 0. The Hall–Kier alpha value is -4.40. The van der Waals surface area contributed by atoms with Gasteiger partial charge < -0.3 is 0 Å². The molecule has 94 valence electrons. The molecule has 0 heteroatoms. The third-order valence-corrected chi connectivity index (χ3v) is 1.31. The van der Waals surface area contributed by atoms with Gasteiger partial charge in [-0.3, -0.25) is 0 Å². The highest BCUT2D eigenvalue weighted by atomic mass is 13.6. The summed E-state index contributed by atoms with van der Waals surface area (Å²) in [6, 6.07) is 0. The molecule has 0 spiro atoms. The average molecular weight is 270 g/mol. The van der Waals surface area contributed by atoms with E-state index in [1.165, 1.54) is 0 Å². The first-order chi connectivity index (χ1) is 10.9. The summed E-state index contributed by atoms with van der Waals surface area (Å²) < 4.78 is 0. The molecule has 0 N–H and O–H groups in total. The van der Waals surface area contributed by atoms with Crippen molar-refractivity contribution in [1.29, 1.82) is 0 Å². The fourth-order valence-corrected chi connectivity index (χ4v) is 0.625. The molecule has 0 aromatic heterocycles. The first-order valence-electron chi connectivity index (χ1n) is 5.75. The molecule has 0 saturated heterocycles. The van der Waals surface area contributed by atoms with Crippen LogP contribution in [0.2, 0.25) is 0 Å². The molecule has 0 nitrogen and oxygen atoms in total. The van der Waals surface area contributed by atoms with Crippen molar-refractivity contribution in [2.75, 3.05) is 0 Å². The molecule has 0 bridgehead atoms. The predicted octanol–water partition coefficient (Wildman–Crippen LogP) is 1.06. The maximum absolute atomic E-state index is 2.63. The Morgan fingerprint density at radius 2 is 0.364 bits per heavy atom. The summed E-state index contributed by atoms with van der Waals surface area (Å²) in [7, 11) is 0. The molecule has 0 fully saturated rings. The van der Waals surface area contributed by atoms with E-state index >= 15 is 0 Å². The number of rotatable bonds is 0. The molecule has 0 amide bonds. The Morgan fingerprint density at radius 1 is 0.227 bits per heavy atom. The van der Waals surface area contributed by atoms with E-state index in [2.05, 4.69) is 118 Å². The van der Waals surface area contributed by atoms with Crippen molar-refractivity contribution in [3.63, 3.8) is 0 Å². The van der Waals surface area contributed by atoms with Crippen LogP contribution in [0.1, 0.15) is 13.8 Å². The van der Waals surface area contributed by atoms with E-state index < -0.39 is 0 Å². The zero-order chi connectivity index (χ0) is 16.1. The van der Waals surface area contributed by atoms with E-state index in [0.717, 1.165) is 0 Å². The van der Waals surface area contributed by atoms with Crippen LogP contribution < -0.4 is 0 Å². The molecule has 0 atom stereocenters. The lowest BCUT2D eigenvalue weighted by Crippen LogP contribution is -1.56. The zero-order valence-corrected chi connectivity index (χ0v) is 12.0. The van der Waals surface area contributed by atoms with Crippen molar-refractivity contribution >= 4 is 0 Å². The highest BCUT2D eigenvalue weighted by molar-refractivity contribution is 5.46. The van der Waals surface area contributed by atoms with Gasteiger partial charge in [0, 0.05) is 11.8 Å². The van der Waals surface area contributed by atoms with Gasteiger partial charge in [-0.1, -0.05) is 11.8 Å². The lowest BCUT2D eigenvalue weighted by atomic mass is 10.4. The SMILES string of the molecule is CC#CC#CC#CC#CC#CC#CC#CC#CC#CC#CC. The summed E-state index contributed by atoms with van der Waals surface area (Å²) in [6.07, 6.45) is 0. The van der Waals surface area contributed by atoms with Crippen LogP contribution in [0.15, 0.2) is 0 Å². The van der Waals surface area contributed by atoms with Gasteiger partial charge in [-0.05, 0) is 109 Å². The molecule has 0 aromatic carbocycles. The second-order valence-corrected chi connectivity index (χ2v) is 2.75. The molecule has 0 aliphatic heterocycles. The monoisotopic (exact) mass is 270 g/mol. The Balaban J connectivity index is 4.36. The third-order valence-electron chi connectivity index (χ3n) is 1.31. The van der Waals surface area contributed by atoms with E-state index in [1.54, 1.807) is 13.8 Å². The van der Waals surface area contributed by atoms with E-state index in [-0.39, 0.29) is 0 Å². The molecule has 0 unspecified atom stereocenters. The fourth-order valence-electron chi connectivity index (χ4n) is 0.625. The first-order valence-corrected chi connectivity index (χ1v) is 5.75. The van der Waals surface area contributed by atoms with E-state index in [4.69, 9.17) is 0 Å². The summed E-state index contributed by atoms with van der Waals surface area (Å²) in [5.41, 5.74) is 0. The molecular weight excluding hydrogens is 264 g/mol. The van der Waals surface area contributed by atoms with Crippen LogP contribution in [0.3, 0.4) is 0 Å². The van der Waals surface area contributed by atoms with Crippen LogP contribution in [0.5, 0.6) is 0 Å². The Morgan fingerprint density at radius 3 is 0.500 bits per heavy atom. The summed E-state index contributed by atoms with van der Waals surface area (Å²) >= 11 is 0. The Kier molecular flexibility index (Phi) is 13.3. The maximum atomic E-state index is 2.63. The van der Waals surface area contributed by atoms with Crippen molar-refractivity contribution in [3.8, 4) is 118 Å². The van der Waals surface area contributed by atoms with Crippen LogP contribution in [0.25, 0.3) is 0 Å². The summed E-state index contributed by atoms with van der Waals surface area (Å²) in [5.74, 6) is 50.6. The Labute approximate surface area is 132 Å². The molecule has 0 heterocycles. The largest absolute Gasteiger partial charge is 0.0925 e. The van der Waals surface area contributed by atoms with Gasteiger partial charge in [-0.15, -0.1) is 0 Å². The van der Waals surface area contributed by atoms with E-state index in [0.29, 0.717) is 0 Å². The minimum absolute atomic E-state index is 1.70. The Bertz CT molecular complexity index is 936. The molecule has 0 saturated carbocycles. The van der Waals surface area contributed by atoms with Crippen molar-refractivity contribution < 1.29 is 0 Å². The van der Waals surface area contributed by atoms with Crippen LogP contribution >= 0.6 is 0 Å². The molecule has 0 aliphatic carbocycles. The van der Waals surface area contributed by atoms with Crippen molar-refractivity contribution in [2.45, 2.75) is 13.8 Å². The smallest absolute Gasteiger partial charge is 0 e. The van der Waals surface area contributed by atoms with Crippen LogP contribution in [-0.2, 0) is 0 Å². The summed E-state index contributed by atoms with van der Waals surface area (Å²) in [4.78, 5) is 0. The standard InChI is InChI=1S/C22H6/c1-3-5-7-9-11-13-15-17-19-21-22-20-18-16-14-12-10-8-6-4-2/h1-2H3. The molecule has 0 aliphatic rings. The molecule has 22 heavy (non-hydrogen) atoms. The number of hydrogen-bond acceptors (Lipinski definition) is 0. The van der Waals surface area contributed by atoms with Gasteiger partial charge in [0.2, 0.25) is 0 Å². The second-order valence-electron chi connectivity index (χ2n) is 2.75. The van der Waals surface area contributed by atoms with Crippen molar-refractivity contribution in [1.82, 2.24) is 0 Å². The minimum atomic E-state index is 1.70. The molecule has 0 radical (unpaired) electrons. The molecule has 0 aromatic rings. The topological polar surface area (TPSA) is 0 Å². The fraction of sp³-hybridized carbons (Fsp3) is 0.0909. The van der Waals surface area contributed by atoms with Crippen LogP contribution in [0, 0.1) is 118 Å². The van der Waals surface area contributed by atoms with Gasteiger partial charge in [0.25, 0.3) is 0 Å². The lowest BCUT2D eigenvalue weighted by molar-refractivity contribution is 1.92. The van der Waals surface area contributed by atoms with Crippen LogP contribution in [0.4, 0.5) is 0 Å².